The van der Waals surface area contributed by atoms with Crippen molar-refractivity contribution in [3.63, 3.8) is 0 Å². The molecule has 2 heterocycles. The van der Waals surface area contributed by atoms with Gasteiger partial charge in [0.1, 0.15) is 5.82 Å². The molecule has 0 saturated carbocycles. The van der Waals surface area contributed by atoms with E-state index >= 15 is 0 Å². The lowest BCUT2D eigenvalue weighted by Crippen LogP contribution is -2.31. The van der Waals surface area contributed by atoms with Crippen LogP contribution in [-0.2, 0) is 19.5 Å². The first-order valence-electron chi connectivity index (χ1n) is 10.8. The Morgan fingerprint density at radius 1 is 0.938 bits per heavy atom. The molecule has 170 valence electrons. The maximum Gasteiger partial charge on any atom is 0.258 e. The fourth-order valence-electron chi connectivity index (χ4n) is 4.10. The summed E-state index contributed by atoms with van der Waals surface area (Å²) >= 11 is 0. The van der Waals surface area contributed by atoms with Crippen molar-refractivity contribution in [2.24, 2.45) is 0 Å². The van der Waals surface area contributed by atoms with Crippen LogP contribution in [0.4, 0.5) is 0 Å². The van der Waals surface area contributed by atoms with Crippen LogP contribution >= 0.6 is 0 Å². The molecule has 0 saturated heterocycles. The molecule has 0 bridgehead atoms. The molecule has 0 radical (unpaired) electrons. The maximum atomic E-state index is 12.7. The van der Waals surface area contributed by atoms with Gasteiger partial charge in [0.05, 0.1) is 44.9 Å². The summed E-state index contributed by atoms with van der Waals surface area (Å²) < 4.78 is 22.2. The van der Waals surface area contributed by atoms with Crippen LogP contribution in [-0.4, -0.2) is 48.8 Å². The second-order valence-electron chi connectivity index (χ2n) is 7.63. The number of H-pyrrole nitrogens is 1. The molecule has 0 atom stereocenters. The normalized spacial score (nSPS) is 13.6. The van der Waals surface area contributed by atoms with Gasteiger partial charge in [0, 0.05) is 19.2 Å². The number of fused-ring (bicyclic) bond motifs is 2. The summed E-state index contributed by atoms with van der Waals surface area (Å²) in [6.07, 6.45) is 0.893. The number of benzene rings is 2. The highest BCUT2D eigenvalue weighted by Crippen LogP contribution is 2.34. The number of methoxy groups -OCH3 is 2. The Labute approximate surface area is 187 Å². The van der Waals surface area contributed by atoms with Gasteiger partial charge in [0.15, 0.2) is 23.0 Å². The molecular formula is C24H29N3O5. The van der Waals surface area contributed by atoms with Gasteiger partial charge in [-0.1, -0.05) is 0 Å². The number of hydrogen-bond donors (Lipinski definition) is 1. The van der Waals surface area contributed by atoms with Crippen molar-refractivity contribution in [2.45, 2.75) is 33.4 Å². The van der Waals surface area contributed by atoms with Gasteiger partial charge in [-0.15, -0.1) is 0 Å². The van der Waals surface area contributed by atoms with Crippen molar-refractivity contribution in [3.05, 3.63) is 51.6 Å². The van der Waals surface area contributed by atoms with E-state index in [0.29, 0.717) is 48.0 Å². The Morgan fingerprint density at radius 3 is 2.25 bits per heavy atom. The van der Waals surface area contributed by atoms with Crippen LogP contribution in [0, 0.1) is 0 Å². The molecule has 32 heavy (non-hydrogen) atoms. The van der Waals surface area contributed by atoms with Crippen LogP contribution in [0.3, 0.4) is 0 Å². The number of nitrogens with one attached hydrogen (secondary N) is 1. The minimum Gasteiger partial charge on any atom is -0.493 e. The van der Waals surface area contributed by atoms with Crippen molar-refractivity contribution in [3.8, 4) is 23.0 Å². The van der Waals surface area contributed by atoms with Crippen LogP contribution in [0.2, 0.25) is 0 Å². The fourth-order valence-corrected chi connectivity index (χ4v) is 4.10. The summed E-state index contributed by atoms with van der Waals surface area (Å²) in [5.74, 6) is 3.24. The molecule has 0 spiro atoms. The third-order valence-corrected chi connectivity index (χ3v) is 5.59. The molecule has 4 rings (SSSR count). The molecule has 1 aromatic heterocycles. The van der Waals surface area contributed by atoms with Gasteiger partial charge < -0.3 is 23.9 Å². The Morgan fingerprint density at radius 2 is 1.59 bits per heavy atom. The van der Waals surface area contributed by atoms with Crippen molar-refractivity contribution < 1.29 is 18.9 Å². The minimum absolute atomic E-state index is 0.191. The second kappa shape index (κ2) is 9.48. The van der Waals surface area contributed by atoms with Gasteiger partial charge in [-0.25, -0.2) is 4.98 Å². The van der Waals surface area contributed by atoms with Crippen LogP contribution in [0.1, 0.15) is 30.8 Å². The van der Waals surface area contributed by atoms with E-state index in [0.717, 1.165) is 31.0 Å². The average molecular weight is 440 g/mol. The molecule has 2 aromatic carbocycles. The molecule has 1 aliphatic heterocycles. The predicted octanol–water partition coefficient (Wildman–Crippen LogP) is 3.30. The van der Waals surface area contributed by atoms with Crippen molar-refractivity contribution >= 4 is 10.9 Å². The Bertz CT molecular complexity index is 1170. The Balaban J connectivity index is 1.59. The van der Waals surface area contributed by atoms with Gasteiger partial charge in [0.2, 0.25) is 0 Å². The zero-order valence-corrected chi connectivity index (χ0v) is 19.0. The van der Waals surface area contributed by atoms with E-state index in [1.54, 1.807) is 26.4 Å². The van der Waals surface area contributed by atoms with Gasteiger partial charge >= 0.3 is 0 Å². The molecule has 8 nitrogen and oxygen atoms in total. The first-order chi connectivity index (χ1) is 15.6. The van der Waals surface area contributed by atoms with E-state index in [9.17, 15) is 4.79 Å². The van der Waals surface area contributed by atoms with Crippen LogP contribution in [0.15, 0.2) is 29.1 Å². The van der Waals surface area contributed by atoms with E-state index in [2.05, 4.69) is 27.0 Å². The van der Waals surface area contributed by atoms with Gasteiger partial charge in [-0.3, -0.25) is 9.69 Å². The number of ether oxygens (including phenoxy) is 4. The van der Waals surface area contributed by atoms with Crippen LogP contribution < -0.4 is 24.5 Å². The standard InChI is InChI=1S/C24H29N3O5/c1-5-31-21-9-15-7-8-27(13-16(15)10-22(21)32-6-2)14-23-25-18-12-20(30-4)19(29-3)11-17(18)24(28)26-23/h9-12H,5-8,13-14H2,1-4H3,(H,25,26,28). The van der Waals surface area contributed by atoms with Crippen LogP contribution in [0.5, 0.6) is 23.0 Å². The zero-order valence-electron chi connectivity index (χ0n) is 19.0. The lowest BCUT2D eigenvalue weighted by Gasteiger charge is -2.29. The third-order valence-electron chi connectivity index (χ3n) is 5.59. The average Bonchev–Trinajstić information content (AvgIpc) is 2.79. The summed E-state index contributed by atoms with van der Waals surface area (Å²) in [6.45, 7) is 7.27. The summed E-state index contributed by atoms with van der Waals surface area (Å²) in [4.78, 5) is 22.5. The van der Waals surface area contributed by atoms with E-state index < -0.39 is 0 Å². The molecule has 1 aliphatic rings. The van der Waals surface area contributed by atoms with E-state index in [1.165, 1.54) is 11.1 Å². The van der Waals surface area contributed by atoms with Gasteiger partial charge in [-0.05, 0) is 49.6 Å². The van der Waals surface area contributed by atoms with Gasteiger partial charge in [0.25, 0.3) is 5.56 Å². The maximum absolute atomic E-state index is 12.7. The summed E-state index contributed by atoms with van der Waals surface area (Å²) in [6, 6.07) is 7.56. The summed E-state index contributed by atoms with van der Waals surface area (Å²) in [5, 5.41) is 0.472. The Kier molecular flexibility index (Phi) is 6.50. The van der Waals surface area contributed by atoms with Crippen LogP contribution in [0.25, 0.3) is 10.9 Å². The summed E-state index contributed by atoms with van der Waals surface area (Å²) in [5.41, 5.74) is 2.87. The smallest absolute Gasteiger partial charge is 0.258 e. The van der Waals surface area contributed by atoms with Crippen molar-refractivity contribution in [1.82, 2.24) is 14.9 Å². The molecule has 1 N–H and O–H groups in total. The number of hydrogen-bond acceptors (Lipinski definition) is 7. The molecular weight excluding hydrogens is 410 g/mol. The first kappa shape index (κ1) is 22.0. The highest BCUT2D eigenvalue weighted by atomic mass is 16.5. The highest BCUT2D eigenvalue weighted by molar-refractivity contribution is 5.81. The quantitative estimate of drug-likeness (QED) is 0.576. The minimum atomic E-state index is -0.191. The van der Waals surface area contributed by atoms with E-state index in [-0.39, 0.29) is 5.56 Å². The fraction of sp³-hybridized carbons (Fsp3) is 0.417. The number of nitrogens with zero attached hydrogens (tertiary/aromatic N) is 2. The number of aromatic amines is 1. The first-order valence-corrected chi connectivity index (χ1v) is 10.8. The topological polar surface area (TPSA) is 85.9 Å². The molecule has 8 heteroatoms. The second-order valence-corrected chi connectivity index (χ2v) is 7.63. The van der Waals surface area contributed by atoms with Crippen molar-refractivity contribution in [1.29, 1.82) is 0 Å². The zero-order chi connectivity index (χ0) is 22.7. The third kappa shape index (κ3) is 4.36. The number of aromatic nitrogens is 2. The molecule has 0 unspecified atom stereocenters. The lowest BCUT2D eigenvalue weighted by molar-refractivity contribution is 0.236. The Hall–Kier alpha value is -3.26. The molecule has 3 aromatic rings. The van der Waals surface area contributed by atoms with Crippen molar-refractivity contribution in [2.75, 3.05) is 34.0 Å². The molecule has 0 amide bonds. The number of rotatable bonds is 8. The lowest BCUT2D eigenvalue weighted by atomic mass is 9.98. The largest absolute Gasteiger partial charge is 0.493 e. The SMILES string of the molecule is CCOc1cc2c(cc1OCC)CN(Cc1nc3cc(OC)c(OC)cc3c(=O)[nH]1)CC2. The summed E-state index contributed by atoms with van der Waals surface area (Å²) in [7, 11) is 3.11. The van der Waals surface area contributed by atoms with E-state index in [4.69, 9.17) is 18.9 Å². The van der Waals surface area contributed by atoms with Gasteiger partial charge in [-0.2, -0.15) is 0 Å². The predicted molar refractivity (Wildman–Crippen MR) is 122 cm³/mol. The monoisotopic (exact) mass is 439 g/mol. The highest BCUT2D eigenvalue weighted by Gasteiger charge is 2.21. The molecule has 0 fully saturated rings. The molecule has 0 aliphatic carbocycles. The van der Waals surface area contributed by atoms with E-state index in [1.807, 2.05) is 13.8 Å².